The molecule has 144 valence electrons. The van der Waals surface area contributed by atoms with E-state index >= 15 is 0 Å². The molecule has 2 aromatic carbocycles. The number of para-hydroxylation sites is 1. The lowest BCUT2D eigenvalue weighted by Crippen LogP contribution is -2.48. The maximum Gasteiger partial charge on any atom is 0.238 e. The molecule has 0 radical (unpaired) electrons. The van der Waals surface area contributed by atoms with E-state index in [1.54, 1.807) is 18.2 Å². The van der Waals surface area contributed by atoms with E-state index < -0.39 is 0 Å². The summed E-state index contributed by atoms with van der Waals surface area (Å²) in [5.74, 6) is -0.201. The van der Waals surface area contributed by atoms with Crippen LogP contribution in [-0.2, 0) is 4.79 Å². The Morgan fingerprint density at radius 1 is 1.22 bits per heavy atom. The third-order valence-corrected chi connectivity index (χ3v) is 4.75. The third-order valence-electron chi connectivity index (χ3n) is 4.51. The number of ketones is 1. The topological polar surface area (TPSA) is 61.4 Å². The Balaban J connectivity index is 0.00000261. The van der Waals surface area contributed by atoms with Crippen molar-refractivity contribution in [3.05, 3.63) is 64.7 Å². The van der Waals surface area contributed by atoms with E-state index in [1.165, 1.54) is 6.92 Å². The molecule has 1 atom stereocenters. The molecule has 1 saturated heterocycles. The van der Waals surface area contributed by atoms with Crippen LogP contribution in [-0.4, -0.2) is 42.8 Å². The highest BCUT2D eigenvalue weighted by atomic mass is 35.5. The Morgan fingerprint density at radius 2 is 2.00 bits per heavy atom. The van der Waals surface area contributed by atoms with Gasteiger partial charge in [0.2, 0.25) is 5.91 Å². The molecule has 1 unspecified atom stereocenters. The van der Waals surface area contributed by atoms with E-state index in [0.29, 0.717) is 16.3 Å². The molecule has 0 aliphatic carbocycles. The zero-order valence-electron chi connectivity index (χ0n) is 15.1. The number of piperazine rings is 1. The van der Waals surface area contributed by atoms with Crippen LogP contribution in [0.5, 0.6) is 0 Å². The number of carbonyl (C=O) groups excluding carboxylic acids is 2. The van der Waals surface area contributed by atoms with Gasteiger partial charge in [-0.3, -0.25) is 14.5 Å². The minimum atomic E-state index is -0.132. The van der Waals surface area contributed by atoms with Gasteiger partial charge in [-0.15, -0.1) is 12.4 Å². The van der Waals surface area contributed by atoms with Crippen molar-refractivity contribution in [3.8, 4) is 0 Å². The van der Waals surface area contributed by atoms with Gasteiger partial charge in [0.25, 0.3) is 0 Å². The lowest BCUT2D eigenvalue weighted by atomic mass is 10.0. The molecule has 1 fully saturated rings. The van der Waals surface area contributed by atoms with Crippen LogP contribution < -0.4 is 10.6 Å². The van der Waals surface area contributed by atoms with Crippen LogP contribution in [0.4, 0.5) is 5.69 Å². The van der Waals surface area contributed by atoms with Crippen molar-refractivity contribution in [2.45, 2.75) is 13.0 Å². The molecule has 1 amide bonds. The van der Waals surface area contributed by atoms with E-state index in [1.807, 2.05) is 30.3 Å². The molecule has 2 N–H and O–H groups in total. The second kappa shape index (κ2) is 9.85. The number of halogens is 2. The van der Waals surface area contributed by atoms with Crippen LogP contribution >= 0.6 is 24.0 Å². The summed E-state index contributed by atoms with van der Waals surface area (Å²) < 4.78 is 0. The summed E-state index contributed by atoms with van der Waals surface area (Å²) in [6.45, 7) is 4.10. The number of carbonyl (C=O) groups is 2. The van der Waals surface area contributed by atoms with Gasteiger partial charge in [-0.05, 0) is 36.8 Å². The second-order valence-corrected chi connectivity index (χ2v) is 6.83. The van der Waals surface area contributed by atoms with Crippen molar-refractivity contribution in [2.24, 2.45) is 0 Å². The van der Waals surface area contributed by atoms with Gasteiger partial charge in [-0.2, -0.15) is 0 Å². The van der Waals surface area contributed by atoms with Crippen LogP contribution in [0.2, 0.25) is 5.02 Å². The predicted octanol–water partition coefficient (Wildman–Crippen LogP) is 3.55. The molecule has 0 bridgehead atoms. The van der Waals surface area contributed by atoms with Gasteiger partial charge >= 0.3 is 0 Å². The van der Waals surface area contributed by atoms with Crippen LogP contribution in [0, 0.1) is 0 Å². The first-order valence-corrected chi connectivity index (χ1v) is 9.02. The molecular formula is C20H23Cl2N3O2. The Bertz CT molecular complexity index is 813. The maximum absolute atomic E-state index is 12.6. The van der Waals surface area contributed by atoms with Gasteiger partial charge < -0.3 is 10.6 Å². The first kappa shape index (κ1) is 21.4. The molecule has 1 aliphatic heterocycles. The fraction of sp³-hybridized carbons (Fsp3) is 0.300. The molecule has 0 spiro atoms. The van der Waals surface area contributed by atoms with Crippen molar-refractivity contribution in [1.29, 1.82) is 0 Å². The Morgan fingerprint density at radius 3 is 2.74 bits per heavy atom. The Kier molecular flexibility index (Phi) is 7.80. The monoisotopic (exact) mass is 407 g/mol. The molecule has 5 nitrogen and oxygen atoms in total. The third kappa shape index (κ3) is 5.53. The summed E-state index contributed by atoms with van der Waals surface area (Å²) in [5, 5.41) is 6.93. The van der Waals surface area contributed by atoms with E-state index in [-0.39, 0.29) is 36.7 Å². The number of amides is 1. The fourth-order valence-corrected chi connectivity index (χ4v) is 3.45. The number of nitrogens with zero attached hydrogens (tertiary/aromatic N) is 1. The van der Waals surface area contributed by atoms with Crippen LogP contribution in [0.25, 0.3) is 0 Å². The predicted molar refractivity (Wildman–Crippen MR) is 111 cm³/mol. The lowest BCUT2D eigenvalue weighted by Gasteiger charge is -2.36. The molecule has 1 aliphatic rings. The number of hydrogen-bond donors (Lipinski definition) is 2. The van der Waals surface area contributed by atoms with Gasteiger partial charge in [0, 0.05) is 36.3 Å². The highest BCUT2D eigenvalue weighted by molar-refractivity contribution is 6.30. The second-order valence-electron chi connectivity index (χ2n) is 6.40. The highest BCUT2D eigenvalue weighted by Gasteiger charge is 2.26. The van der Waals surface area contributed by atoms with E-state index in [2.05, 4.69) is 15.5 Å². The largest absolute Gasteiger partial charge is 0.324 e. The SMILES string of the molecule is CC(=O)c1ccccc1NC(=O)CN1CCNCC1c1cccc(Cl)c1.Cl. The summed E-state index contributed by atoms with van der Waals surface area (Å²) in [6.07, 6.45) is 0. The standard InChI is InChI=1S/C20H22ClN3O2.ClH/c1-14(25)17-7-2-3-8-18(17)23-20(26)13-24-10-9-22-12-19(24)15-5-4-6-16(21)11-15;/h2-8,11,19,22H,9-10,12-13H2,1H3,(H,23,26);1H. The Hall–Kier alpha value is -1.92. The number of Topliss-reactive ketones (excluding diaryl/α,β-unsaturated/α-hetero) is 1. The summed E-state index contributed by atoms with van der Waals surface area (Å²) in [4.78, 5) is 26.4. The molecule has 1 heterocycles. The first-order chi connectivity index (χ1) is 12.5. The average Bonchev–Trinajstić information content (AvgIpc) is 2.62. The lowest BCUT2D eigenvalue weighted by molar-refractivity contribution is -0.118. The van der Waals surface area contributed by atoms with E-state index in [9.17, 15) is 9.59 Å². The summed E-state index contributed by atoms with van der Waals surface area (Å²) in [5.41, 5.74) is 2.16. The van der Waals surface area contributed by atoms with Crippen molar-refractivity contribution in [2.75, 3.05) is 31.5 Å². The van der Waals surface area contributed by atoms with Crippen molar-refractivity contribution < 1.29 is 9.59 Å². The number of nitrogens with one attached hydrogen (secondary N) is 2. The van der Waals surface area contributed by atoms with Gasteiger partial charge in [-0.1, -0.05) is 35.9 Å². The first-order valence-electron chi connectivity index (χ1n) is 8.64. The molecule has 0 aromatic heterocycles. The quantitative estimate of drug-likeness (QED) is 0.743. The number of anilines is 1. The minimum Gasteiger partial charge on any atom is -0.324 e. The van der Waals surface area contributed by atoms with Crippen molar-refractivity contribution in [3.63, 3.8) is 0 Å². The summed E-state index contributed by atoms with van der Waals surface area (Å²) in [6, 6.07) is 14.9. The molecule has 7 heteroatoms. The van der Waals surface area contributed by atoms with Crippen molar-refractivity contribution >= 4 is 41.4 Å². The van der Waals surface area contributed by atoms with Gasteiger partial charge in [0.05, 0.1) is 12.2 Å². The average molecular weight is 408 g/mol. The maximum atomic E-state index is 12.6. The zero-order chi connectivity index (χ0) is 18.5. The van der Waals surface area contributed by atoms with E-state index in [0.717, 1.165) is 25.2 Å². The zero-order valence-corrected chi connectivity index (χ0v) is 16.6. The smallest absolute Gasteiger partial charge is 0.238 e. The summed E-state index contributed by atoms with van der Waals surface area (Å²) >= 11 is 6.12. The van der Waals surface area contributed by atoms with Crippen molar-refractivity contribution in [1.82, 2.24) is 10.2 Å². The van der Waals surface area contributed by atoms with E-state index in [4.69, 9.17) is 11.6 Å². The molecule has 27 heavy (non-hydrogen) atoms. The van der Waals surface area contributed by atoms with Crippen LogP contribution in [0.15, 0.2) is 48.5 Å². The normalized spacial score (nSPS) is 17.0. The number of hydrogen-bond acceptors (Lipinski definition) is 4. The molecule has 0 saturated carbocycles. The minimum absolute atomic E-state index is 0. The number of benzene rings is 2. The fourth-order valence-electron chi connectivity index (χ4n) is 3.25. The Labute approximate surface area is 170 Å². The number of rotatable bonds is 5. The van der Waals surface area contributed by atoms with Gasteiger partial charge in [0.15, 0.2) is 5.78 Å². The van der Waals surface area contributed by atoms with Crippen LogP contribution in [0.3, 0.4) is 0 Å². The highest BCUT2D eigenvalue weighted by Crippen LogP contribution is 2.24. The molecule has 2 aromatic rings. The molecule has 3 rings (SSSR count). The van der Waals surface area contributed by atoms with Crippen LogP contribution in [0.1, 0.15) is 28.9 Å². The molecular weight excluding hydrogens is 385 g/mol. The van der Waals surface area contributed by atoms with Gasteiger partial charge in [0.1, 0.15) is 0 Å². The van der Waals surface area contributed by atoms with Gasteiger partial charge in [-0.25, -0.2) is 0 Å². The summed E-state index contributed by atoms with van der Waals surface area (Å²) in [7, 11) is 0.